The maximum absolute atomic E-state index is 8.81. The Hall–Kier alpha value is -1.38. The molecule has 0 rings (SSSR count). The van der Waals surface area contributed by atoms with Gasteiger partial charge in [0.05, 0.1) is 5.84 Å². The zero-order valence-electron chi connectivity index (χ0n) is 21.2. The maximum atomic E-state index is 8.81. The third-order valence-electron chi connectivity index (χ3n) is 2.83. The first-order valence-corrected chi connectivity index (χ1v) is 10.9. The second kappa shape index (κ2) is 49.7. The van der Waals surface area contributed by atoms with E-state index in [4.69, 9.17) is 4.79 Å². The van der Waals surface area contributed by atoms with Crippen molar-refractivity contribution >= 4 is 12.1 Å². The molecule has 0 N–H and O–H groups in total. The number of nitrogens with zero attached hydrogens (tertiary/aromatic N) is 2. The van der Waals surface area contributed by atoms with Crippen LogP contribution in [0.4, 0.5) is 0 Å². The fourth-order valence-electron chi connectivity index (χ4n) is 1.52. The Morgan fingerprint density at radius 3 is 1.67 bits per heavy atom. The van der Waals surface area contributed by atoms with Crippen LogP contribution in [0.2, 0.25) is 0 Å². The zero-order chi connectivity index (χ0) is 23.1. The number of hydrogen-bond acceptors (Lipinski definition) is 2. The molecule has 3 nitrogen and oxygen atoms in total. The van der Waals surface area contributed by atoms with Gasteiger partial charge in [0.25, 0.3) is 0 Å². The van der Waals surface area contributed by atoms with Crippen LogP contribution in [-0.2, 0) is 4.79 Å². The van der Waals surface area contributed by atoms with Crippen LogP contribution < -0.4 is 0 Å². The highest BCUT2D eigenvalue weighted by atomic mass is 16.1. The summed E-state index contributed by atoms with van der Waals surface area (Å²) in [7, 11) is 1.86. The average Bonchev–Trinajstić information content (AvgIpc) is 2.74. The van der Waals surface area contributed by atoms with E-state index in [0.29, 0.717) is 6.04 Å². The minimum Gasteiger partial charge on any atom is -0.358 e. The van der Waals surface area contributed by atoms with E-state index in [1.54, 1.807) is 6.08 Å². The Morgan fingerprint density at radius 1 is 1.07 bits per heavy atom. The number of aliphatic imine (C=N–C) groups is 1. The van der Waals surface area contributed by atoms with Crippen LogP contribution in [-0.4, -0.2) is 36.7 Å². The molecule has 0 aliphatic heterocycles. The molecule has 0 aromatic heterocycles. The van der Waals surface area contributed by atoms with Crippen molar-refractivity contribution in [3.05, 3.63) is 24.8 Å². The minimum atomic E-state index is 0.619. The van der Waals surface area contributed by atoms with Crippen LogP contribution in [0.15, 0.2) is 29.8 Å². The molecular weight excluding hydrogens is 332 g/mol. The van der Waals surface area contributed by atoms with Gasteiger partial charge in [0.15, 0.2) is 0 Å². The van der Waals surface area contributed by atoms with Crippen molar-refractivity contribution < 1.29 is 4.79 Å². The van der Waals surface area contributed by atoms with E-state index in [1.807, 2.05) is 54.7 Å². The molecule has 0 fully saturated rings. The molecule has 0 aliphatic rings. The summed E-state index contributed by atoms with van der Waals surface area (Å²) in [5.41, 5.74) is 0. The number of rotatable bonds is 6. The molecule has 0 bridgehead atoms. The van der Waals surface area contributed by atoms with Crippen molar-refractivity contribution in [1.82, 2.24) is 4.90 Å². The molecule has 1 unspecified atom stereocenters. The molecule has 0 aromatic rings. The smallest absolute Gasteiger partial charge is 0.116 e. The van der Waals surface area contributed by atoms with E-state index in [0.717, 1.165) is 25.1 Å². The first-order chi connectivity index (χ1) is 13.0. The molecule has 0 radical (unpaired) electrons. The Bertz CT molecular complexity index is 284. The second-order valence-electron chi connectivity index (χ2n) is 4.53. The summed E-state index contributed by atoms with van der Waals surface area (Å²) in [4.78, 5) is 15.4. The Labute approximate surface area is 174 Å². The highest BCUT2D eigenvalue weighted by Gasteiger charge is 2.11. The summed E-state index contributed by atoms with van der Waals surface area (Å²) in [6, 6.07) is 0.619. The molecule has 0 aliphatic carbocycles. The van der Waals surface area contributed by atoms with E-state index >= 15 is 0 Å². The highest BCUT2D eigenvalue weighted by Crippen LogP contribution is 2.05. The quantitative estimate of drug-likeness (QED) is 0.201. The van der Waals surface area contributed by atoms with E-state index in [9.17, 15) is 0 Å². The molecule has 3 heteroatoms. The molecular formula is C24H54N2O. The summed E-state index contributed by atoms with van der Waals surface area (Å²) >= 11 is 0. The van der Waals surface area contributed by atoms with E-state index in [1.165, 1.54) is 19.8 Å². The Kier molecular flexibility index (Phi) is 74.3. The Balaban J connectivity index is -0.0000000617. The van der Waals surface area contributed by atoms with Crippen LogP contribution >= 0.6 is 0 Å². The van der Waals surface area contributed by atoms with Crippen LogP contribution in [0, 0.1) is 0 Å². The van der Waals surface area contributed by atoms with Crippen molar-refractivity contribution in [1.29, 1.82) is 0 Å². The second-order valence-corrected chi connectivity index (χ2v) is 4.53. The predicted octanol–water partition coefficient (Wildman–Crippen LogP) is 7.97. The van der Waals surface area contributed by atoms with Crippen molar-refractivity contribution in [2.24, 2.45) is 4.99 Å². The van der Waals surface area contributed by atoms with E-state index in [2.05, 4.69) is 57.2 Å². The van der Waals surface area contributed by atoms with Crippen molar-refractivity contribution in [2.45, 2.75) is 108 Å². The fraction of sp³-hybridized carbons (Fsp3) is 0.750. The van der Waals surface area contributed by atoms with Gasteiger partial charge < -0.3 is 9.69 Å². The van der Waals surface area contributed by atoms with Crippen LogP contribution in [0.1, 0.15) is 102 Å². The van der Waals surface area contributed by atoms with Crippen LogP contribution in [0.25, 0.3) is 0 Å². The largest absolute Gasteiger partial charge is 0.358 e. The fourth-order valence-corrected chi connectivity index (χ4v) is 1.52. The summed E-state index contributed by atoms with van der Waals surface area (Å²) in [6.07, 6.45) is 10.0. The lowest BCUT2D eigenvalue weighted by Crippen LogP contribution is -2.37. The first kappa shape index (κ1) is 40.3. The molecule has 0 heterocycles. The molecule has 0 spiro atoms. The number of carbonyl (C=O) groups is 1. The lowest BCUT2D eigenvalue weighted by atomic mass is 10.2. The standard InChI is InChI=1S/C10H22N2.C6H10.C2H4O.3C2H6/c1-6-8-12(9(3)7-2)10(4)11-5;1-3-5-6-4-2;1-2-3;3*1-2/h9H,6-8H2,1-5H3;3,5-6H,1,4H2,2H3;2H,1H3;3*1-2H3/b;6-5-;;;;. The van der Waals surface area contributed by atoms with Crippen molar-refractivity contribution in [3.8, 4) is 0 Å². The predicted molar refractivity (Wildman–Crippen MR) is 131 cm³/mol. The molecule has 27 heavy (non-hydrogen) atoms. The normalized spacial score (nSPS) is 9.74. The monoisotopic (exact) mass is 386 g/mol. The van der Waals surface area contributed by atoms with Gasteiger partial charge in [-0.3, -0.25) is 4.99 Å². The van der Waals surface area contributed by atoms with E-state index in [-0.39, 0.29) is 0 Å². The SMILES string of the molecule is C=C/C=C\CC.CC.CC.CC.CC=O.CCCN(C(C)=NC)C(C)CC. The van der Waals surface area contributed by atoms with Crippen LogP contribution in [0.5, 0.6) is 0 Å². The molecule has 1 atom stereocenters. The van der Waals surface area contributed by atoms with Crippen LogP contribution in [0.3, 0.4) is 0 Å². The van der Waals surface area contributed by atoms with Gasteiger partial charge >= 0.3 is 0 Å². The Morgan fingerprint density at radius 2 is 1.48 bits per heavy atom. The number of carbonyl (C=O) groups excluding carboxylic acids is 1. The highest BCUT2D eigenvalue weighted by molar-refractivity contribution is 5.79. The van der Waals surface area contributed by atoms with Gasteiger partial charge in [-0.1, -0.05) is 87.1 Å². The summed E-state index contributed by atoms with van der Waals surface area (Å²) in [6.45, 7) is 28.9. The van der Waals surface area contributed by atoms with Gasteiger partial charge in [-0.05, 0) is 40.0 Å². The third kappa shape index (κ3) is 45.6. The van der Waals surface area contributed by atoms with Gasteiger partial charge in [-0.25, -0.2) is 0 Å². The topological polar surface area (TPSA) is 32.7 Å². The summed E-state index contributed by atoms with van der Waals surface area (Å²) in [5, 5.41) is 0. The number of allylic oxidation sites excluding steroid dienone is 3. The summed E-state index contributed by atoms with van der Waals surface area (Å²) in [5.74, 6) is 1.16. The van der Waals surface area contributed by atoms with Crippen molar-refractivity contribution in [2.75, 3.05) is 13.6 Å². The molecule has 166 valence electrons. The number of aldehydes is 1. The molecule has 0 saturated heterocycles. The van der Waals surface area contributed by atoms with Gasteiger partial charge in [-0.2, -0.15) is 0 Å². The van der Waals surface area contributed by atoms with Gasteiger partial charge in [0, 0.05) is 19.6 Å². The zero-order valence-corrected chi connectivity index (χ0v) is 21.2. The average molecular weight is 387 g/mol. The number of hydrogen-bond donors (Lipinski definition) is 0. The maximum Gasteiger partial charge on any atom is 0.116 e. The minimum absolute atomic E-state index is 0.619. The number of amidine groups is 1. The van der Waals surface area contributed by atoms with Gasteiger partial charge in [-0.15, -0.1) is 0 Å². The van der Waals surface area contributed by atoms with Gasteiger partial charge in [0.2, 0.25) is 0 Å². The van der Waals surface area contributed by atoms with E-state index < -0.39 is 0 Å². The summed E-state index contributed by atoms with van der Waals surface area (Å²) < 4.78 is 0. The lowest BCUT2D eigenvalue weighted by molar-refractivity contribution is -0.106. The molecule has 0 saturated carbocycles. The van der Waals surface area contributed by atoms with Gasteiger partial charge in [0.1, 0.15) is 6.29 Å². The lowest BCUT2D eigenvalue weighted by Gasteiger charge is -2.29. The first-order valence-electron chi connectivity index (χ1n) is 10.9. The third-order valence-corrected chi connectivity index (χ3v) is 2.83. The molecule has 0 aromatic carbocycles. The molecule has 0 amide bonds. The van der Waals surface area contributed by atoms with Crippen molar-refractivity contribution in [3.63, 3.8) is 0 Å².